The van der Waals surface area contributed by atoms with Gasteiger partial charge in [0.25, 0.3) is 5.56 Å². The molecule has 0 aromatic carbocycles. The standard InChI is InChI=1S/C13H13F3N2O2/c14-13(15,16)9-6-10(12(20)17-7-9)18-11(19)5-8-3-1-2-4-8/h1,3,6-8H,2,4-5H2,(H,17,20)(H,18,19)/t8-/m1/s1. The van der Waals surface area contributed by atoms with Crippen LogP contribution < -0.4 is 10.9 Å². The van der Waals surface area contributed by atoms with Gasteiger partial charge in [-0.3, -0.25) is 9.59 Å². The topological polar surface area (TPSA) is 62.0 Å². The zero-order valence-corrected chi connectivity index (χ0v) is 10.5. The Bertz CT molecular complexity index is 590. The Morgan fingerprint density at radius 2 is 2.20 bits per heavy atom. The first-order valence-electron chi connectivity index (χ1n) is 6.12. The van der Waals surface area contributed by atoms with Gasteiger partial charge in [0.2, 0.25) is 5.91 Å². The van der Waals surface area contributed by atoms with Crippen LogP contribution in [0.4, 0.5) is 18.9 Å². The molecule has 1 atom stereocenters. The van der Waals surface area contributed by atoms with Crippen LogP contribution in [0.2, 0.25) is 0 Å². The molecule has 1 aliphatic carbocycles. The lowest BCUT2D eigenvalue weighted by Gasteiger charge is -2.10. The number of halogens is 3. The molecule has 0 aliphatic heterocycles. The molecule has 0 spiro atoms. The van der Waals surface area contributed by atoms with E-state index in [1.807, 2.05) is 17.1 Å². The van der Waals surface area contributed by atoms with Gasteiger partial charge in [0.1, 0.15) is 5.69 Å². The highest BCUT2D eigenvalue weighted by Gasteiger charge is 2.31. The van der Waals surface area contributed by atoms with Gasteiger partial charge in [0.15, 0.2) is 0 Å². The van der Waals surface area contributed by atoms with Gasteiger partial charge >= 0.3 is 6.18 Å². The van der Waals surface area contributed by atoms with Crippen molar-refractivity contribution in [1.29, 1.82) is 0 Å². The second-order valence-corrected chi connectivity index (χ2v) is 4.65. The molecule has 0 fully saturated rings. The third-order valence-corrected chi connectivity index (χ3v) is 3.06. The molecule has 2 rings (SSSR count). The molecule has 0 bridgehead atoms. The highest BCUT2D eigenvalue weighted by atomic mass is 19.4. The molecule has 4 nitrogen and oxygen atoms in total. The number of carbonyl (C=O) groups is 1. The molecule has 0 saturated heterocycles. The van der Waals surface area contributed by atoms with Crippen molar-refractivity contribution in [2.45, 2.75) is 25.4 Å². The third kappa shape index (κ3) is 3.49. The summed E-state index contributed by atoms with van der Waals surface area (Å²) >= 11 is 0. The maximum atomic E-state index is 12.5. The van der Waals surface area contributed by atoms with Crippen LogP contribution in [0.5, 0.6) is 0 Å². The fourth-order valence-corrected chi connectivity index (χ4v) is 2.04. The van der Waals surface area contributed by atoms with E-state index in [0.717, 1.165) is 12.8 Å². The normalized spacial score (nSPS) is 18.2. The van der Waals surface area contributed by atoms with Crippen LogP contribution in [0.15, 0.2) is 29.2 Å². The van der Waals surface area contributed by atoms with Crippen molar-refractivity contribution in [3.63, 3.8) is 0 Å². The van der Waals surface area contributed by atoms with Gasteiger partial charge in [-0.15, -0.1) is 0 Å². The first-order chi connectivity index (χ1) is 9.36. The Hall–Kier alpha value is -2.05. The number of carbonyl (C=O) groups excluding carboxylic acids is 1. The fourth-order valence-electron chi connectivity index (χ4n) is 2.04. The Morgan fingerprint density at radius 1 is 1.45 bits per heavy atom. The molecule has 0 unspecified atom stereocenters. The summed E-state index contributed by atoms with van der Waals surface area (Å²) in [6.07, 6.45) is 1.75. The number of rotatable bonds is 3. The summed E-state index contributed by atoms with van der Waals surface area (Å²) in [5, 5.41) is 2.23. The minimum atomic E-state index is -4.57. The lowest BCUT2D eigenvalue weighted by Crippen LogP contribution is -2.22. The van der Waals surface area contributed by atoms with Crippen molar-refractivity contribution >= 4 is 11.6 Å². The number of anilines is 1. The first-order valence-corrected chi connectivity index (χ1v) is 6.12. The third-order valence-electron chi connectivity index (χ3n) is 3.06. The van der Waals surface area contributed by atoms with E-state index in [1.54, 1.807) is 0 Å². The summed E-state index contributed by atoms with van der Waals surface area (Å²) in [7, 11) is 0. The molecule has 0 radical (unpaired) electrons. The average molecular weight is 286 g/mol. The van der Waals surface area contributed by atoms with Crippen molar-refractivity contribution < 1.29 is 18.0 Å². The van der Waals surface area contributed by atoms with Crippen molar-refractivity contribution in [3.05, 3.63) is 40.3 Å². The van der Waals surface area contributed by atoms with Crippen LogP contribution in [-0.2, 0) is 11.0 Å². The number of aromatic nitrogens is 1. The van der Waals surface area contributed by atoms with Gasteiger partial charge < -0.3 is 10.3 Å². The predicted octanol–water partition coefficient (Wildman–Crippen LogP) is 2.69. The van der Waals surface area contributed by atoms with Gasteiger partial charge in [-0.05, 0) is 24.8 Å². The molecule has 1 heterocycles. The average Bonchev–Trinajstić information content (AvgIpc) is 2.83. The van der Waals surface area contributed by atoms with Crippen molar-refractivity contribution in [2.24, 2.45) is 5.92 Å². The molecule has 2 N–H and O–H groups in total. The maximum Gasteiger partial charge on any atom is 0.417 e. The Balaban J connectivity index is 2.10. The zero-order chi connectivity index (χ0) is 14.8. The SMILES string of the molecule is O=C(C[C@@H]1C=CCC1)Nc1cc(C(F)(F)F)c[nH]c1=O. The van der Waals surface area contributed by atoms with E-state index in [1.165, 1.54) is 0 Å². The maximum absolute atomic E-state index is 12.5. The molecule has 1 aromatic heterocycles. The Labute approximate surface area is 112 Å². The number of hydrogen-bond donors (Lipinski definition) is 2. The number of allylic oxidation sites excluding steroid dienone is 2. The highest BCUT2D eigenvalue weighted by Crippen LogP contribution is 2.29. The smallest absolute Gasteiger partial charge is 0.327 e. The number of H-pyrrole nitrogens is 1. The minimum absolute atomic E-state index is 0.0832. The summed E-state index contributed by atoms with van der Waals surface area (Å²) in [6.45, 7) is 0. The van der Waals surface area contributed by atoms with Crippen LogP contribution >= 0.6 is 0 Å². The summed E-state index contributed by atoms with van der Waals surface area (Å²) in [4.78, 5) is 25.1. The first kappa shape index (κ1) is 14.4. The lowest BCUT2D eigenvalue weighted by molar-refractivity contribution is -0.137. The van der Waals surface area contributed by atoms with E-state index in [2.05, 4.69) is 5.32 Å². The highest BCUT2D eigenvalue weighted by molar-refractivity contribution is 5.90. The summed E-state index contributed by atoms with van der Waals surface area (Å²) in [5.74, 6) is -0.383. The van der Waals surface area contributed by atoms with E-state index in [9.17, 15) is 22.8 Å². The zero-order valence-electron chi connectivity index (χ0n) is 10.5. The molecule has 0 saturated carbocycles. The number of nitrogens with one attached hydrogen (secondary N) is 2. The minimum Gasteiger partial charge on any atom is -0.327 e. The van der Waals surface area contributed by atoms with Crippen LogP contribution in [0.25, 0.3) is 0 Å². The van der Waals surface area contributed by atoms with E-state index in [0.29, 0.717) is 12.3 Å². The number of amides is 1. The number of pyridine rings is 1. The number of alkyl halides is 3. The Kier molecular flexibility index (Phi) is 3.96. The van der Waals surface area contributed by atoms with E-state index < -0.39 is 23.2 Å². The van der Waals surface area contributed by atoms with Crippen molar-refractivity contribution in [1.82, 2.24) is 4.98 Å². The summed E-state index contributed by atoms with van der Waals surface area (Å²) < 4.78 is 37.6. The van der Waals surface area contributed by atoms with E-state index in [-0.39, 0.29) is 18.0 Å². The van der Waals surface area contributed by atoms with Gasteiger partial charge in [-0.25, -0.2) is 0 Å². The fraction of sp³-hybridized carbons (Fsp3) is 0.385. The second kappa shape index (κ2) is 5.52. The van der Waals surface area contributed by atoms with Crippen LogP contribution in [0.1, 0.15) is 24.8 Å². The lowest BCUT2D eigenvalue weighted by atomic mass is 10.1. The number of hydrogen-bond acceptors (Lipinski definition) is 2. The summed E-state index contributed by atoms with van der Waals surface area (Å²) in [6, 6.07) is 0.640. The van der Waals surface area contributed by atoms with Gasteiger partial charge in [-0.1, -0.05) is 12.2 Å². The molecular weight excluding hydrogens is 273 g/mol. The predicted molar refractivity (Wildman–Crippen MR) is 67.2 cm³/mol. The van der Waals surface area contributed by atoms with Crippen LogP contribution in [0, 0.1) is 5.92 Å². The molecular formula is C13H13F3N2O2. The van der Waals surface area contributed by atoms with E-state index in [4.69, 9.17) is 0 Å². The van der Waals surface area contributed by atoms with Crippen LogP contribution in [0.3, 0.4) is 0 Å². The van der Waals surface area contributed by atoms with Crippen molar-refractivity contribution in [3.8, 4) is 0 Å². The monoisotopic (exact) mass is 286 g/mol. The molecule has 20 heavy (non-hydrogen) atoms. The molecule has 1 aliphatic rings. The van der Waals surface area contributed by atoms with Gasteiger partial charge in [0.05, 0.1) is 5.56 Å². The van der Waals surface area contributed by atoms with Crippen LogP contribution in [-0.4, -0.2) is 10.9 Å². The van der Waals surface area contributed by atoms with Gasteiger partial charge in [-0.2, -0.15) is 13.2 Å². The molecule has 7 heteroatoms. The number of aromatic amines is 1. The molecule has 1 aromatic rings. The quantitative estimate of drug-likeness (QED) is 0.839. The summed E-state index contributed by atoms with van der Waals surface area (Å²) in [5.41, 5.74) is -2.15. The Morgan fingerprint density at radius 3 is 2.80 bits per heavy atom. The molecule has 1 amide bonds. The van der Waals surface area contributed by atoms with Gasteiger partial charge in [0, 0.05) is 12.6 Å². The second-order valence-electron chi connectivity index (χ2n) is 4.65. The van der Waals surface area contributed by atoms with Crippen molar-refractivity contribution in [2.75, 3.05) is 5.32 Å². The molecule has 108 valence electrons. The van der Waals surface area contributed by atoms with E-state index >= 15 is 0 Å². The largest absolute Gasteiger partial charge is 0.417 e.